The van der Waals surface area contributed by atoms with E-state index in [0.717, 1.165) is 25.7 Å². The molecule has 0 aromatic carbocycles. The molecule has 0 aliphatic heterocycles. The molecule has 2 fully saturated rings. The molecule has 1 aromatic rings. The van der Waals surface area contributed by atoms with Crippen LogP contribution in [0.4, 0.5) is 0 Å². The van der Waals surface area contributed by atoms with E-state index in [1.54, 1.807) is 6.92 Å². The van der Waals surface area contributed by atoms with Crippen LogP contribution in [0.25, 0.3) is 0 Å². The number of hydrogen-bond acceptors (Lipinski definition) is 5. The van der Waals surface area contributed by atoms with Gasteiger partial charge in [0.25, 0.3) is 0 Å². The van der Waals surface area contributed by atoms with Gasteiger partial charge in [-0.15, -0.1) is 0 Å². The van der Waals surface area contributed by atoms with Gasteiger partial charge in [-0.05, 0) is 44.4 Å². The minimum Gasteiger partial charge on any atom is -0.353 e. The first-order valence-electron chi connectivity index (χ1n) is 9.46. The van der Waals surface area contributed by atoms with Crippen molar-refractivity contribution < 1.29 is 14.1 Å². The lowest BCUT2D eigenvalue weighted by Gasteiger charge is -2.28. The molecule has 25 heavy (non-hydrogen) atoms. The van der Waals surface area contributed by atoms with Crippen molar-refractivity contribution in [2.75, 3.05) is 0 Å². The summed E-state index contributed by atoms with van der Waals surface area (Å²) in [5.74, 6) is 1.81. The summed E-state index contributed by atoms with van der Waals surface area (Å²) in [4.78, 5) is 28.5. The molecule has 7 nitrogen and oxygen atoms in total. The Hall–Kier alpha value is -1.92. The van der Waals surface area contributed by atoms with Gasteiger partial charge in [-0.1, -0.05) is 18.0 Å². The Morgan fingerprint density at radius 2 is 1.84 bits per heavy atom. The Morgan fingerprint density at radius 3 is 2.48 bits per heavy atom. The standard InChI is InChI=1S/C18H28N4O3/c1-12-20-16(22-25-12)11-19-18(24)14-6-8-15(9-7-14)21-17(23)10-13-4-2-3-5-13/h13-15H,2-11H2,1H3,(H,19,24)(H,21,23). The van der Waals surface area contributed by atoms with Crippen molar-refractivity contribution in [1.82, 2.24) is 20.8 Å². The molecule has 1 aromatic heterocycles. The number of aromatic nitrogens is 2. The molecule has 0 unspecified atom stereocenters. The fraction of sp³-hybridized carbons (Fsp3) is 0.778. The Bertz CT molecular complexity index is 587. The fourth-order valence-electron chi connectivity index (χ4n) is 3.99. The molecule has 0 saturated heterocycles. The first-order chi connectivity index (χ1) is 12.1. The maximum atomic E-state index is 12.3. The normalized spacial score (nSPS) is 24.2. The van der Waals surface area contributed by atoms with Crippen LogP contribution in [0, 0.1) is 18.8 Å². The number of nitrogens with one attached hydrogen (secondary N) is 2. The Labute approximate surface area is 148 Å². The predicted octanol–water partition coefficient (Wildman–Crippen LogP) is 2.25. The summed E-state index contributed by atoms with van der Waals surface area (Å²) in [6.07, 6.45) is 8.96. The third-order valence-electron chi connectivity index (χ3n) is 5.40. The third kappa shape index (κ3) is 5.28. The lowest BCUT2D eigenvalue weighted by atomic mass is 9.85. The second-order valence-corrected chi connectivity index (χ2v) is 7.42. The first-order valence-corrected chi connectivity index (χ1v) is 9.46. The van der Waals surface area contributed by atoms with E-state index < -0.39 is 0 Å². The number of carbonyl (C=O) groups is 2. The zero-order valence-corrected chi connectivity index (χ0v) is 14.9. The van der Waals surface area contributed by atoms with Crippen LogP contribution in [0.15, 0.2) is 4.52 Å². The lowest BCUT2D eigenvalue weighted by molar-refractivity contribution is -0.126. The van der Waals surface area contributed by atoms with E-state index in [9.17, 15) is 9.59 Å². The molecule has 2 saturated carbocycles. The Balaban J connectivity index is 1.34. The molecule has 3 rings (SSSR count). The molecule has 2 N–H and O–H groups in total. The summed E-state index contributed by atoms with van der Waals surface area (Å²) in [6.45, 7) is 2.02. The summed E-state index contributed by atoms with van der Waals surface area (Å²) in [5.41, 5.74) is 0. The molecule has 0 radical (unpaired) electrons. The van der Waals surface area contributed by atoms with Gasteiger partial charge in [-0.3, -0.25) is 9.59 Å². The number of aryl methyl sites for hydroxylation is 1. The number of amides is 2. The van der Waals surface area contributed by atoms with Crippen LogP contribution >= 0.6 is 0 Å². The number of rotatable bonds is 6. The monoisotopic (exact) mass is 348 g/mol. The van der Waals surface area contributed by atoms with Gasteiger partial charge in [-0.25, -0.2) is 0 Å². The molecule has 1 heterocycles. The average molecular weight is 348 g/mol. The van der Waals surface area contributed by atoms with E-state index in [1.165, 1.54) is 25.7 Å². The van der Waals surface area contributed by atoms with Crippen molar-refractivity contribution in [3.8, 4) is 0 Å². The van der Waals surface area contributed by atoms with Gasteiger partial charge in [0.15, 0.2) is 5.82 Å². The van der Waals surface area contributed by atoms with E-state index in [4.69, 9.17) is 4.52 Å². The van der Waals surface area contributed by atoms with E-state index in [-0.39, 0.29) is 23.8 Å². The second-order valence-electron chi connectivity index (χ2n) is 7.42. The summed E-state index contributed by atoms with van der Waals surface area (Å²) < 4.78 is 4.89. The average Bonchev–Trinajstić information content (AvgIpc) is 3.25. The molecule has 2 aliphatic rings. The molecule has 138 valence electrons. The zero-order valence-electron chi connectivity index (χ0n) is 14.9. The smallest absolute Gasteiger partial charge is 0.223 e. The van der Waals surface area contributed by atoms with E-state index in [1.807, 2.05) is 0 Å². The minimum absolute atomic E-state index is 0.0102. The van der Waals surface area contributed by atoms with Crippen LogP contribution in [-0.4, -0.2) is 28.0 Å². The first kappa shape index (κ1) is 17.9. The van der Waals surface area contributed by atoms with Crippen molar-refractivity contribution >= 4 is 11.8 Å². The van der Waals surface area contributed by atoms with Gasteiger partial charge in [0, 0.05) is 25.3 Å². The molecular weight excluding hydrogens is 320 g/mol. The Kier molecular flexibility index (Phi) is 6.04. The number of carbonyl (C=O) groups excluding carboxylic acids is 2. The van der Waals surface area contributed by atoms with Crippen LogP contribution in [0.1, 0.15) is 69.5 Å². The van der Waals surface area contributed by atoms with Crippen LogP contribution < -0.4 is 10.6 Å². The van der Waals surface area contributed by atoms with Crippen LogP contribution in [0.5, 0.6) is 0 Å². The molecule has 7 heteroatoms. The maximum Gasteiger partial charge on any atom is 0.223 e. The zero-order chi connectivity index (χ0) is 17.6. The molecule has 2 aliphatic carbocycles. The predicted molar refractivity (Wildman–Crippen MR) is 91.3 cm³/mol. The lowest BCUT2D eigenvalue weighted by Crippen LogP contribution is -2.41. The quantitative estimate of drug-likeness (QED) is 0.822. The highest BCUT2D eigenvalue weighted by molar-refractivity contribution is 5.79. The Morgan fingerprint density at radius 1 is 1.12 bits per heavy atom. The van der Waals surface area contributed by atoms with Gasteiger partial charge in [0.05, 0.1) is 6.54 Å². The van der Waals surface area contributed by atoms with Crippen molar-refractivity contribution in [2.45, 2.75) is 77.3 Å². The molecule has 2 amide bonds. The largest absolute Gasteiger partial charge is 0.353 e. The van der Waals surface area contributed by atoms with Gasteiger partial charge in [-0.2, -0.15) is 4.98 Å². The van der Waals surface area contributed by atoms with E-state index >= 15 is 0 Å². The van der Waals surface area contributed by atoms with Crippen LogP contribution in [0.2, 0.25) is 0 Å². The SMILES string of the molecule is Cc1nc(CNC(=O)C2CCC(NC(=O)CC3CCCC3)CC2)no1. The summed E-state index contributed by atoms with van der Waals surface area (Å²) in [5, 5.41) is 9.81. The molecule has 0 bridgehead atoms. The number of nitrogens with zero attached hydrogens (tertiary/aromatic N) is 2. The fourth-order valence-corrected chi connectivity index (χ4v) is 3.99. The molecular formula is C18H28N4O3. The minimum atomic E-state index is 0.0102. The molecule has 0 atom stereocenters. The van der Waals surface area contributed by atoms with Crippen LogP contribution in [-0.2, 0) is 16.1 Å². The van der Waals surface area contributed by atoms with Gasteiger partial charge in [0.1, 0.15) is 0 Å². The number of hydrogen-bond donors (Lipinski definition) is 2. The maximum absolute atomic E-state index is 12.3. The highest BCUT2D eigenvalue weighted by atomic mass is 16.5. The van der Waals surface area contributed by atoms with Gasteiger partial charge in [0.2, 0.25) is 17.7 Å². The highest BCUT2D eigenvalue weighted by Crippen LogP contribution is 2.28. The van der Waals surface area contributed by atoms with Crippen molar-refractivity contribution in [2.24, 2.45) is 11.8 Å². The van der Waals surface area contributed by atoms with Crippen LogP contribution in [0.3, 0.4) is 0 Å². The highest BCUT2D eigenvalue weighted by Gasteiger charge is 2.28. The van der Waals surface area contributed by atoms with Crippen molar-refractivity contribution in [1.29, 1.82) is 0 Å². The van der Waals surface area contributed by atoms with E-state index in [0.29, 0.717) is 30.6 Å². The van der Waals surface area contributed by atoms with E-state index in [2.05, 4.69) is 20.8 Å². The van der Waals surface area contributed by atoms with Crippen molar-refractivity contribution in [3.63, 3.8) is 0 Å². The second kappa shape index (κ2) is 8.45. The topological polar surface area (TPSA) is 97.1 Å². The summed E-state index contributed by atoms with van der Waals surface area (Å²) in [6, 6.07) is 0.220. The van der Waals surface area contributed by atoms with Crippen molar-refractivity contribution in [3.05, 3.63) is 11.7 Å². The van der Waals surface area contributed by atoms with Gasteiger partial charge < -0.3 is 15.2 Å². The summed E-state index contributed by atoms with van der Waals surface area (Å²) >= 11 is 0. The summed E-state index contributed by atoms with van der Waals surface area (Å²) in [7, 11) is 0. The third-order valence-corrected chi connectivity index (χ3v) is 5.40. The molecule has 0 spiro atoms. The van der Waals surface area contributed by atoms with Gasteiger partial charge >= 0.3 is 0 Å².